The van der Waals surface area contributed by atoms with E-state index in [1.807, 2.05) is 62.6 Å². The predicted molar refractivity (Wildman–Crippen MR) is 161 cm³/mol. The van der Waals surface area contributed by atoms with E-state index in [9.17, 15) is 5.11 Å². The monoisotopic (exact) mass is 539 g/mol. The highest BCUT2D eigenvalue weighted by atomic mass is 16.7. The molecule has 5 nitrogen and oxygen atoms in total. The molecule has 3 unspecified atom stereocenters. The van der Waals surface area contributed by atoms with Gasteiger partial charge in [-0.3, -0.25) is 0 Å². The van der Waals surface area contributed by atoms with Crippen molar-refractivity contribution in [1.29, 1.82) is 0 Å². The molecule has 1 saturated heterocycles. The van der Waals surface area contributed by atoms with Gasteiger partial charge in [0.15, 0.2) is 6.29 Å². The first kappa shape index (κ1) is 28.2. The van der Waals surface area contributed by atoms with Crippen molar-refractivity contribution in [3.63, 3.8) is 0 Å². The Bertz CT molecular complexity index is 1360. The summed E-state index contributed by atoms with van der Waals surface area (Å²) in [5.41, 5.74) is 1.51. The molecule has 0 bridgehead atoms. The summed E-state index contributed by atoms with van der Waals surface area (Å²) in [5, 5.41) is 15.2. The predicted octanol–water partition coefficient (Wildman–Crippen LogP) is 7.12. The fraction of sp³-hybridized carbons (Fsp3) is 0.371. The lowest BCUT2D eigenvalue weighted by Crippen LogP contribution is -2.35. The molecule has 0 aromatic heterocycles. The number of aliphatic hydroxyl groups is 1. The molecule has 0 radical (unpaired) electrons. The normalized spacial score (nSPS) is 17.9. The van der Waals surface area contributed by atoms with Gasteiger partial charge in [-0.15, -0.1) is 0 Å². The van der Waals surface area contributed by atoms with Crippen LogP contribution < -0.4 is 9.47 Å². The lowest BCUT2D eigenvalue weighted by Gasteiger charge is -2.38. The topological polar surface area (TPSA) is 51.2 Å². The van der Waals surface area contributed by atoms with Crippen LogP contribution in [0.3, 0.4) is 0 Å². The zero-order valence-corrected chi connectivity index (χ0v) is 23.9. The van der Waals surface area contributed by atoms with Crippen LogP contribution in [0.1, 0.15) is 55.2 Å². The van der Waals surface area contributed by atoms with Crippen LogP contribution in [0.5, 0.6) is 11.5 Å². The van der Waals surface area contributed by atoms with Crippen molar-refractivity contribution >= 4 is 10.8 Å². The number of likely N-dealkylation sites (N-methyl/N-ethyl adjacent to an activating group) is 1. The highest BCUT2D eigenvalue weighted by Crippen LogP contribution is 2.47. The molecule has 3 atom stereocenters. The summed E-state index contributed by atoms with van der Waals surface area (Å²) < 4.78 is 17.8. The highest BCUT2D eigenvalue weighted by Gasteiger charge is 2.41. The largest absolute Gasteiger partial charge is 0.492 e. The molecule has 0 amide bonds. The maximum Gasteiger partial charge on any atom is 0.199 e. The first-order valence-corrected chi connectivity index (χ1v) is 14.5. The summed E-state index contributed by atoms with van der Waals surface area (Å²) >= 11 is 0. The molecule has 1 aliphatic rings. The molecule has 4 aromatic rings. The summed E-state index contributed by atoms with van der Waals surface area (Å²) in [6.07, 6.45) is 3.63. The van der Waals surface area contributed by atoms with E-state index in [0.29, 0.717) is 6.61 Å². The van der Waals surface area contributed by atoms with Gasteiger partial charge in [0.1, 0.15) is 23.7 Å². The van der Waals surface area contributed by atoms with Crippen LogP contribution in [0.15, 0.2) is 91.0 Å². The molecular weight excluding hydrogens is 498 g/mol. The number of rotatable bonds is 11. The van der Waals surface area contributed by atoms with Gasteiger partial charge in [0.05, 0.1) is 6.61 Å². The fourth-order valence-electron chi connectivity index (χ4n) is 5.76. The molecule has 210 valence electrons. The minimum absolute atomic E-state index is 0.187. The van der Waals surface area contributed by atoms with Gasteiger partial charge in [-0.1, -0.05) is 73.7 Å². The van der Waals surface area contributed by atoms with E-state index in [1.165, 1.54) is 5.39 Å². The van der Waals surface area contributed by atoms with Gasteiger partial charge >= 0.3 is 0 Å². The van der Waals surface area contributed by atoms with Crippen LogP contribution in [-0.2, 0) is 10.3 Å². The Hall–Kier alpha value is -3.38. The van der Waals surface area contributed by atoms with Crippen molar-refractivity contribution in [2.75, 3.05) is 33.9 Å². The second-order valence-corrected chi connectivity index (χ2v) is 10.9. The summed E-state index contributed by atoms with van der Waals surface area (Å²) in [4.78, 5) is 2.09. The van der Waals surface area contributed by atoms with Gasteiger partial charge in [-0.2, -0.15) is 0 Å². The zero-order chi connectivity index (χ0) is 28.0. The Kier molecular flexibility index (Phi) is 9.05. The molecule has 1 heterocycles. The minimum atomic E-state index is -1.28. The first-order valence-electron chi connectivity index (χ1n) is 14.5. The van der Waals surface area contributed by atoms with Crippen molar-refractivity contribution in [2.45, 2.75) is 50.4 Å². The van der Waals surface area contributed by atoms with E-state index in [0.717, 1.165) is 72.4 Å². The quantitative estimate of drug-likeness (QED) is 0.220. The molecule has 0 aliphatic carbocycles. The number of benzene rings is 4. The molecule has 1 fully saturated rings. The van der Waals surface area contributed by atoms with Crippen LogP contribution in [-0.4, -0.2) is 50.2 Å². The number of hydrogen-bond donors (Lipinski definition) is 1. The number of nitrogens with zero attached hydrogens (tertiary/aromatic N) is 1. The summed E-state index contributed by atoms with van der Waals surface area (Å²) in [7, 11) is 4.06. The van der Waals surface area contributed by atoms with Gasteiger partial charge in [0.25, 0.3) is 0 Å². The van der Waals surface area contributed by atoms with Crippen molar-refractivity contribution < 1.29 is 19.3 Å². The first-order chi connectivity index (χ1) is 19.5. The Balaban J connectivity index is 1.53. The van der Waals surface area contributed by atoms with E-state index < -0.39 is 5.60 Å². The van der Waals surface area contributed by atoms with Crippen LogP contribution in [0.4, 0.5) is 0 Å². The number of ether oxygens (including phenoxy) is 3. The van der Waals surface area contributed by atoms with E-state index in [2.05, 4.69) is 54.3 Å². The van der Waals surface area contributed by atoms with Crippen LogP contribution in [0.2, 0.25) is 0 Å². The molecule has 5 rings (SSSR count). The third-order valence-electron chi connectivity index (χ3n) is 7.91. The van der Waals surface area contributed by atoms with E-state index in [4.69, 9.17) is 14.2 Å². The molecule has 4 aromatic carbocycles. The molecular formula is C35H41NO4. The smallest absolute Gasteiger partial charge is 0.199 e. The van der Waals surface area contributed by atoms with Crippen LogP contribution in [0, 0.1) is 0 Å². The highest BCUT2D eigenvalue weighted by molar-refractivity contribution is 5.86. The Labute approximate surface area is 238 Å². The molecule has 40 heavy (non-hydrogen) atoms. The maximum absolute atomic E-state index is 12.9. The van der Waals surface area contributed by atoms with Crippen molar-refractivity contribution in [1.82, 2.24) is 4.90 Å². The second kappa shape index (κ2) is 12.9. The average molecular weight is 540 g/mol. The van der Waals surface area contributed by atoms with Gasteiger partial charge < -0.3 is 24.2 Å². The van der Waals surface area contributed by atoms with E-state index in [1.54, 1.807) is 0 Å². The molecule has 0 spiro atoms. The lowest BCUT2D eigenvalue weighted by molar-refractivity contribution is -0.105. The Morgan fingerprint density at radius 2 is 1.55 bits per heavy atom. The van der Waals surface area contributed by atoms with Gasteiger partial charge in [-0.05, 0) is 85.1 Å². The second-order valence-electron chi connectivity index (χ2n) is 10.9. The number of fused-ring (bicyclic) bond motifs is 1. The van der Waals surface area contributed by atoms with E-state index in [-0.39, 0.29) is 12.2 Å². The Morgan fingerprint density at radius 1 is 0.875 bits per heavy atom. The summed E-state index contributed by atoms with van der Waals surface area (Å²) in [5.74, 6) is 1.36. The molecule has 0 saturated carbocycles. The van der Waals surface area contributed by atoms with Gasteiger partial charge in [0, 0.05) is 18.9 Å². The summed E-state index contributed by atoms with van der Waals surface area (Å²) in [6.45, 7) is 4.33. The molecule has 1 aliphatic heterocycles. The Morgan fingerprint density at radius 3 is 2.20 bits per heavy atom. The average Bonchev–Trinajstić information content (AvgIpc) is 2.98. The maximum atomic E-state index is 12.9. The van der Waals surface area contributed by atoms with Gasteiger partial charge in [-0.25, -0.2) is 0 Å². The molecule has 5 heteroatoms. The van der Waals surface area contributed by atoms with Crippen molar-refractivity contribution in [2.24, 2.45) is 0 Å². The lowest BCUT2D eigenvalue weighted by atomic mass is 9.71. The third-order valence-corrected chi connectivity index (χ3v) is 7.91. The van der Waals surface area contributed by atoms with Gasteiger partial charge in [0.2, 0.25) is 0 Å². The number of hydrogen-bond acceptors (Lipinski definition) is 5. The minimum Gasteiger partial charge on any atom is -0.492 e. The van der Waals surface area contributed by atoms with Crippen molar-refractivity contribution in [3.05, 3.63) is 108 Å². The SMILES string of the molecule is CCC(c1cccc2ccccc12)C(O)(c1ccc(OCCN(C)C)cc1)c1ccc(OC2CCCCO2)cc1. The zero-order valence-electron chi connectivity index (χ0n) is 23.9. The van der Waals surface area contributed by atoms with E-state index >= 15 is 0 Å². The molecule has 1 N–H and O–H groups in total. The fourth-order valence-corrected chi connectivity index (χ4v) is 5.76. The third kappa shape index (κ3) is 6.17. The van der Waals surface area contributed by atoms with Crippen LogP contribution >= 0.6 is 0 Å². The van der Waals surface area contributed by atoms with Crippen LogP contribution in [0.25, 0.3) is 10.8 Å². The standard InChI is InChI=1S/C35H41NO4/c1-4-33(32-13-9-11-26-10-5-6-12-31(26)32)35(37,27-15-19-29(20-16-27)38-25-23-36(2)3)28-17-21-30(22-18-28)40-34-14-7-8-24-39-34/h5-6,9-13,15-22,33-34,37H,4,7-8,14,23-25H2,1-3H3. The summed E-state index contributed by atoms with van der Waals surface area (Å²) in [6, 6.07) is 30.6. The van der Waals surface area contributed by atoms with Crippen molar-refractivity contribution in [3.8, 4) is 11.5 Å².